The zero-order chi connectivity index (χ0) is 14.8. The molecule has 0 amide bonds. The van der Waals surface area contributed by atoms with Crippen LogP contribution >= 0.6 is 15.9 Å². The predicted molar refractivity (Wildman–Crippen MR) is 81.9 cm³/mol. The maximum Gasteiger partial charge on any atom is 0.306 e. The fraction of sp³-hybridized carbons (Fsp3) is 0.533. The Kier molecular flexibility index (Phi) is 4.70. The van der Waals surface area contributed by atoms with E-state index in [4.69, 9.17) is 5.11 Å². The van der Waals surface area contributed by atoms with Crippen molar-refractivity contribution in [1.82, 2.24) is 0 Å². The summed E-state index contributed by atoms with van der Waals surface area (Å²) in [6.07, 6.45) is 2.14. The molecule has 0 spiro atoms. The van der Waals surface area contributed by atoms with Crippen LogP contribution in [0.5, 0.6) is 0 Å². The summed E-state index contributed by atoms with van der Waals surface area (Å²) in [5.74, 6) is -1.05. The molecule has 1 saturated carbocycles. The van der Waals surface area contributed by atoms with Crippen molar-refractivity contribution in [3.8, 4) is 0 Å². The van der Waals surface area contributed by atoms with Crippen LogP contribution in [0.4, 0.5) is 5.69 Å². The van der Waals surface area contributed by atoms with Gasteiger partial charge in [0.2, 0.25) is 0 Å². The number of rotatable bonds is 4. The second kappa shape index (κ2) is 6.14. The van der Waals surface area contributed by atoms with Gasteiger partial charge in [-0.1, -0.05) is 6.07 Å². The molecule has 4 nitrogen and oxygen atoms in total. The molecule has 110 valence electrons. The molecule has 20 heavy (non-hydrogen) atoms. The van der Waals surface area contributed by atoms with Crippen LogP contribution in [-0.4, -0.2) is 28.3 Å². The van der Waals surface area contributed by atoms with Crippen LogP contribution in [0, 0.1) is 12.8 Å². The second-order valence-electron chi connectivity index (χ2n) is 5.67. The van der Waals surface area contributed by atoms with Gasteiger partial charge >= 0.3 is 5.97 Å². The predicted octanol–water partition coefficient (Wildman–Crippen LogP) is 3.18. The van der Waals surface area contributed by atoms with Crippen LogP contribution in [0.2, 0.25) is 0 Å². The first-order valence-corrected chi connectivity index (χ1v) is 7.64. The molecule has 0 saturated heterocycles. The summed E-state index contributed by atoms with van der Waals surface area (Å²) in [5, 5.41) is 22.8. The van der Waals surface area contributed by atoms with Gasteiger partial charge in [-0.2, -0.15) is 0 Å². The highest BCUT2D eigenvalue weighted by molar-refractivity contribution is 9.10. The van der Waals surface area contributed by atoms with Crippen LogP contribution in [-0.2, 0) is 4.79 Å². The molecule has 0 atom stereocenters. The quantitative estimate of drug-likeness (QED) is 0.786. The molecule has 1 aliphatic carbocycles. The summed E-state index contributed by atoms with van der Waals surface area (Å²) >= 11 is 3.48. The molecule has 0 bridgehead atoms. The van der Waals surface area contributed by atoms with Crippen molar-refractivity contribution in [2.24, 2.45) is 5.92 Å². The molecular weight excluding hydrogens is 322 g/mol. The highest BCUT2D eigenvalue weighted by Crippen LogP contribution is 2.33. The van der Waals surface area contributed by atoms with Gasteiger partial charge in [-0.3, -0.25) is 4.79 Å². The summed E-state index contributed by atoms with van der Waals surface area (Å²) < 4.78 is 0.964. The fourth-order valence-electron chi connectivity index (χ4n) is 2.61. The van der Waals surface area contributed by atoms with Crippen LogP contribution in [0.15, 0.2) is 22.7 Å². The summed E-state index contributed by atoms with van der Waals surface area (Å²) in [6.45, 7) is 2.46. The van der Waals surface area contributed by atoms with Crippen molar-refractivity contribution in [1.29, 1.82) is 0 Å². The van der Waals surface area contributed by atoms with Gasteiger partial charge in [0.15, 0.2) is 0 Å². The third-order valence-corrected chi connectivity index (χ3v) is 4.69. The first-order chi connectivity index (χ1) is 9.39. The Labute approximate surface area is 127 Å². The van der Waals surface area contributed by atoms with Gasteiger partial charge < -0.3 is 15.5 Å². The van der Waals surface area contributed by atoms with Crippen molar-refractivity contribution in [3.63, 3.8) is 0 Å². The number of aliphatic hydroxyl groups is 1. The number of anilines is 1. The van der Waals surface area contributed by atoms with E-state index in [9.17, 15) is 9.90 Å². The zero-order valence-corrected chi connectivity index (χ0v) is 13.1. The van der Waals surface area contributed by atoms with Crippen molar-refractivity contribution < 1.29 is 15.0 Å². The van der Waals surface area contributed by atoms with Crippen molar-refractivity contribution in [3.05, 3.63) is 28.2 Å². The van der Waals surface area contributed by atoms with Crippen molar-refractivity contribution in [2.75, 3.05) is 11.9 Å². The summed E-state index contributed by atoms with van der Waals surface area (Å²) in [7, 11) is 0. The molecule has 0 aromatic heterocycles. The van der Waals surface area contributed by atoms with Crippen LogP contribution < -0.4 is 5.32 Å². The molecule has 5 heteroatoms. The van der Waals surface area contributed by atoms with E-state index in [1.54, 1.807) is 0 Å². The average molecular weight is 342 g/mol. The third-order valence-electron chi connectivity index (χ3n) is 4.00. The van der Waals surface area contributed by atoms with Crippen molar-refractivity contribution >= 4 is 27.6 Å². The molecule has 0 aliphatic heterocycles. The number of hydrogen-bond donors (Lipinski definition) is 3. The monoisotopic (exact) mass is 341 g/mol. The number of benzene rings is 1. The highest BCUT2D eigenvalue weighted by atomic mass is 79.9. The minimum Gasteiger partial charge on any atom is -0.481 e. The lowest BCUT2D eigenvalue weighted by atomic mass is 9.79. The molecule has 2 rings (SSSR count). The topological polar surface area (TPSA) is 69.6 Å². The Bertz CT molecular complexity index is 496. The zero-order valence-electron chi connectivity index (χ0n) is 11.5. The summed E-state index contributed by atoms with van der Waals surface area (Å²) in [5.41, 5.74) is 1.30. The minimum atomic E-state index is -0.810. The van der Waals surface area contributed by atoms with Crippen molar-refractivity contribution in [2.45, 2.75) is 38.2 Å². The number of aryl methyl sites for hydroxylation is 1. The van der Waals surface area contributed by atoms with Gasteiger partial charge in [0.1, 0.15) is 0 Å². The molecule has 0 heterocycles. The second-order valence-corrected chi connectivity index (χ2v) is 6.53. The van der Waals surface area contributed by atoms with E-state index in [1.165, 1.54) is 0 Å². The number of hydrogen-bond acceptors (Lipinski definition) is 3. The molecule has 0 radical (unpaired) electrons. The molecule has 1 aliphatic rings. The van der Waals surface area contributed by atoms with E-state index < -0.39 is 11.6 Å². The molecule has 1 fully saturated rings. The number of aliphatic carboxylic acids is 1. The first kappa shape index (κ1) is 15.3. The number of carboxylic acids is 1. The number of nitrogens with one attached hydrogen (secondary N) is 1. The number of carbonyl (C=O) groups is 1. The summed E-state index contributed by atoms with van der Waals surface area (Å²) in [6, 6.07) is 6.02. The third kappa shape index (κ3) is 3.73. The molecule has 1 aromatic carbocycles. The smallest absolute Gasteiger partial charge is 0.306 e. The number of halogens is 1. The molecular formula is C15H20BrNO3. The molecule has 0 unspecified atom stereocenters. The van der Waals surface area contributed by atoms with Gasteiger partial charge in [0.25, 0.3) is 0 Å². The van der Waals surface area contributed by atoms with E-state index in [1.807, 2.05) is 25.1 Å². The Balaban J connectivity index is 1.94. The lowest BCUT2D eigenvalue weighted by Gasteiger charge is -2.35. The largest absolute Gasteiger partial charge is 0.481 e. The normalized spacial score (nSPS) is 26.2. The van der Waals surface area contributed by atoms with Crippen LogP contribution in [0.25, 0.3) is 0 Å². The van der Waals surface area contributed by atoms with Crippen LogP contribution in [0.1, 0.15) is 31.2 Å². The van der Waals surface area contributed by atoms with Gasteiger partial charge in [-0.25, -0.2) is 0 Å². The van der Waals surface area contributed by atoms with Gasteiger partial charge in [-0.05, 0) is 66.2 Å². The fourth-order valence-corrected chi connectivity index (χ4v) is 3.00. The Hall–Kier alpha value is -1.07. The standard InChI is InChI=1S/C15H20BrNO3/c1-10-2-3-12(16)13(8-10)17-9-15(20)6-4-11(5-7-15)14(18)19/h2-3,8,11,17,20H,4-7,9H2,1H3,(H,18,19). The van der Waals surface area contributed by atoms with Gasteiger partial charge in [0, 0.05) is 16.7 Å². The van der Waals surface area contributed by atoms with Gasteiger partial charge in [0.05, 0.1) is 11.5 Å². The Morgan fingerprint density at radius 2 is 2.10 bits per heavy atom. The lowest BCUT2D eigenvalue weighted by molar-refractivity contribution is -0.144. The van der Waals surface area contributed by atoms with E-state index in [0.29, 0.717) is 32.2 Å². The highest BCUT2D eigenvalue weighted by Gasteiger charge is 2.35. The van der Waals surface area contributed by atoms with E-state index >= 15 is 0 Å². The maximum atomic E-state index is 10.9. The van der Waals surface area contributed by atoms with E-state index in [0.717, 1.165) is 15.7 Å². The SMILES string of the molecule is Cc1ccc(Br)c(NCC2(O)CCC(C(=O)O)CC2)c1. The Morgan fingerprint density at radius 3 is 2.70 bits per heavy atom. The first-order valence-electron chi connectivity index (χ1n) is 6.85. The van der Waals surface area contributed by atoms with Gasteiger partial charge in [-0.15, -0.1) is 0 Å². The average Bonchev–Trinajstić information content (AvgIpc) is 2.40. The van der Waals surface area contributed by atoms with E-state index in [2.05, 4.69) is 21.2 Å². The molecule has 3 N–H and O–H groups in total. The van der Waals surface area contributed by atoms with Crippen LogP contribution in [0.3, 0.4) is 0 Å². The molecule has 1 aromatic rings. The van der Waals surface area contributed by atoms with E-state index in [-0.39, 0.29) is 5.92 Å². The maximum absolute atomic E-state index is 10.9. The number of carboxylic acid groups (broad SMARTS) is 1. The Morgan fingerprint density at radius 1 is 1.45 bits per heavy atom. The minimum absolute atomic E-state index is 0.305. The summed E-state index contributed by atoms with van der Waals surface area (Å²) in [4.78, 5) is 10.9. The lowest BCUT2D eigenvalue weighted by Crippen LogP contribution is -2.41.